The van der Waals surface area contributed by atoms with E-state index in [0.29, 0.717) is 0 Å². The van der Waals surface area contributed by atoms with Crippen LogP contribution in [0.5, 0.6) is 0 Å². The fraction of sp³-hybridized carbons (Fsp3) is 0.429. The zero-order valence-corrected chi connectivity index (χ0v) is 12.1. The van der Waals surface area contributed by atoms with Gasteiger partial charge < -0.3 is 10.6 Å². The zero-order chi connectivity index (χ0) is 15.6. The molecule has 1 aromatic rings. The van der Waals surface area contributed by atoms with Crippen LogP contribution in [0.25, 0.3) is 0 Å². The molecular weight excluding hydrogens is 301 g/mol. The standard InChI is InChI=1S/C14H15F3N2OS/c15-10-6-5-9(12(16)13(10)17)14(20)19(7-11(18)21)8-3-1-2-4-8/h5-6,8H,1-4,7H2,(H2,18,21). The van der Waals surface area contributed by atoms with E-state index in [-0.39, 0.29) is 17.6 Å². The summed E-state index contributed by atoms with van der Waals surface area (Å²) in [6, 6.07) is 1.57. The predicted octanol–water partition coefficient (Wildman–Crippen LogP) is 2.77. The Morgan fingerprint density at radius 2 is 1.86 bits per heavy atom. The number of hydrogen-bond donors (Lipinski definition) is 1. The van der Waals surface area contributed by atoms with Crippen molar-refractivity contribution in [2.24, 2.45) is 5.73 Å². The molecule has 0 unspecified atom stereocenters. The quantitative estimate of drug-likeness (QED) is 0.686. The number of carbonyl (C=O) groups is 1. The molecule has 1 aliphatic rings. The van der Waals surface area contributed by atoms with Gasteiger partial charge in [-0.2, -0.15) is 0 Å². The molecule has 0 aromatic heterocycles. The Bertz CT molecular complexity index is 574. The maximum Gasteiger partial charge on any atom is 0.257 e. The molecule has 114 valence electrons. The molecule has 0 spiro atoms. The molecule has 0 heterocycles. The summed E-state index contributed by atoms with van der Waals surface area (Å²) in [5, 5.41) is 0. The smallest absolute Gasteiger partial charge is 0.257 e. The first-order valence-corrected chi connectivity index (χ1v) is 7.05. The van der Waals surface area contributed by atoms with E-state index in [4.69, 9.17) is 18.0 Å². The van der Waals surface area contributed by atoms with Crippen molar-refractivity contribution in [3.8, 4) is 0 Å². The SMILES string of the molecule is NC(=S)CN(C(=O)c1ccc(F)c(F)c1F)C1CCCC1. The first-order valence-electron chi connectivity index (χ1n) is 6.64. The number of thiocarbonyl (C=S) groups is 1. The van der Waals surface area contributed by atoms with E-state index in [1.54, 1.807) is 0 Å². The second kappa shape index (κ2) is 6.43. The van der Waals surface area contributed by atoms with E-state index in [1.165, 1.54) is 4.90 Å². The minimum absolute atomic E-state index is 0.00271. The highest BCUT2D eigenvalue weighted by molar-refractivity contribution is 7.80. The van der Waals surface area contributed by atoms with Gasteiger partial charge in [0, 0.05) is 6.04 Å². The molecule has 0 radical (unpaired) electrons. The van der Waals surface area contributed by atoms with Crippen LogP contribution in [0.3, 0.4) is 0 Å². The van der Waals surface area contributed by atoms with Crippen LogP contribution >= 0.6 is 12.2 Å². The molecule has 1 aliphatic carbocycles. The normalized spacial score (nSPS) is 15.2. The fourth-order valence-corrected chi connectivity index (χ4v) is 2.74. The number of benzene rings is 1. The third-order valence-electron chi connectivity index (χ3n) is 3.62. The van der Waals surface area contributed by atoms with Gasteiger partial charge in [-0.25, -0.2) is 13.2 Å². The van der Waals surface area contributed by atoms with Gasteiger partial charge in [-0.15, -0.1) is 0 Å². The molecule has 3 nitrogen and oxygen atoms in total. The molecule has 0 saturated heterocycles. The van der Waals surface area contributed by atoms with Crippen molar-refractivity contribution in [3.05, 3.63) is 35.1 Å². The molecule has 2 rings (SSSR count). The van der Waals surface area contributed by atoms with Gasteiger partial charge in [-0.05, 0) is 25.0 Å². The number of hydrogen-bond acceptors (Lipinski definition) is 2. The third-order valence-corrected chi connectivity index (χ3v) is 3.75. The molecule has 7 heteroatoms. The highest BCUT2D eigenvalue weighted by Gasteiger charge is 2.30. The number of halogens is 3. The van der Waals surface area contributed by atoms with Gasteiger partial charge >= 0.3 is 0 Å². The summed E-state index contributed by atoms with van der Waals surface area (Å²) in [7, 11) is 0. The Labute approximate surface area is 125 Å². The summed E-state index contributed by atoms with van der Waals surface area (Å²) in [4.78, 5) is 13.9. The van der Waals surface area contributed by atoms with Crippen molar-refractivity contribution >= 4 is 23.1 Å². The Morgan fingerprint density at radius 3 is 2.43 bits per heavy atom. The molecule has 0 bridgehead atoms. The monoisotopic (exact) mass is 316 g/mol. The molecule has 1 fully saturated rings. The predicted molar refractivity (Wildman–Crippen MR) is 76.4 cm³/mol. The summed E-state index contributed by atoms with van der Waals surface area (Å²) in [5.74, 6) is -5.18. The maximum atomic E-state index is 13.8. The van der Waals surface area contributed by atoms with E-state index in [9.17, 15) is 18.0 Å². The van der Waals surface area contributed by atoms with Crippen LogP contribution < -0.4 is 5.73 Å². The van der Waals surface area contributed by atoms with Crippen molar-refractivity contribution < 1.29 is 18.0 Å². The number of carbonyl (C=O) groups excluding carboxylic acids is 1. The van der Waals surface area contributed by atoms with Crippen molar-refractivity contribution in [1.29, 1.82) is 0 Å². The van der Waals surface area contributed by atoms with E-state index < -0.39 is 28.9 Å². The van der Waals surface area contributed by atoms with Crippen LogP contribution in [0.15, 0.2) is 12.1 Å². The minimum Gasteiger partial charge on any atom is -0.392 e. The van der Waals surface area contributed by atoms with Gasteiger partial charge in [0.05, 0.1) is 17.1 Å². The van der Waals surface area contributed by atoms with E-state index in [1.807, 2.05) is 0 Å². The van der Waals surface area contributed by atoms with E-state index in [0.717, 1.165) is 37.8 Å². The number of nitrogens with zero attached hydrogens (tertiary/aromatic N) is 1. The van der Waals surface area contributed by atoms with Gasteiger partial charge in [0.2, 0.25) is 0 Å². The molecule has 0 atom stereocenters. The lowest BCUT2D eigenvalue weighted by molar-refractivity contribution is 0.0708. The highest BCUT2D eigenvalue weighted by Crippen LogP contribution is 2.26. The fourth-order valence-electron chi connectivity index (χ4n) is 2.60. The van der Waals surface area contributed by atoms with Gasteiger partial charge in [0.25, 0.3) is 5.91 Å². The maximum absolute atomic E-state index is 13.8. The van der Waals surface area contributed by atoms with Crippen molar-refractivity contribution in [2.75, 3.05) is 6.54 Å². The minimum atomic E-state index is -1.65. The van der Waals surface area contributed by atoms with E-state index >= 15 is 0 Å². The first-order chi connectivity index (χ1) is 9.91. The highest BCUT2D eigenvalue weighted by atomic mass is 32.1. The van der Waals surface area contributed by atoms with Crippen molar-refractivity contribution in [3.63, 3.8) is 0 Å². The molecule has 0 aliphatic heterocycles. The number of amides is 1. The Hall–Kier alpha value is -1.63. The number of rotatable bonds is 4. The lowest BCUT2D eigenvalue weighted by atomic mass is 10.1. The Morgan fingerprint density at radius 1 is 1.24 bits per heavy atom. The topological polar surface area (TPSA) is 46.3 Å². The van der Waals surface area contributed by atoms with Crippen molar-refractivity contribution in [2.45, 2.75) is 31.7 Å². The summed E-state index contributed by atoms with van der Waals surface area (Å²) in [6.45, 7) is -0.00271. The van der Waals surface area contributed by atoms with Crippen LogP contribution in [0.1, 0.15) is 36.0 Å². The molecular formula is C14H15F3N2OS. The lowest BCUT2D eigenvalue weighted by Crippen LogP contribution is -2.44. The van der Waals surface area contributed by atoms with Gasteiger partial charge in [-0.3, -0.25) is 4.79 Å². The molecule has 1 aromatic carbocycles. The Balaban J connectivity index is 2.33. The van der Waals surface area contributed by atoms with Crippen molar-refractivity contribution in [1.82, 2.24) is 4.90 Å². The Kier molecular flexibility index (Phi) is 4.82. The van der Waals surface area contributed by atoms with Crippen LogP contribution in [0, 0.1) is 17.5 Å². The average Bonchev–Trinajstić information content (AvgIpc) is 2.95. The second-order valence-corrected chi connectivity index (χ2v) is 5.58. The summed E-state index contributed by atoms with van der Waals surface area (Å²) < 4.78 is 40.0. The van der Waals surface area contributed by atoms with Gasteiger partial charge in [-0.1, -0.05) is 25.1 Å². The van der Waals surface area contributed by atoms with Crippen LogP contribution in [0.2, 0.25) is 0 Å². The zero-order valence-electron chi connectivity index (χ0n) is 11.2. The average molecular weight is 316 g/mol. The van der Waals surface area contributed by atoms with Crippen LogP contribution in [-0.2, 0) is 0 Å². The van der Waals surface area contributed by atoms with Crippen LogP contribution in [-0.4, -0.2) is 28.4 Å². The lowest BCUT2D eigenvalue weighted by Gasteiger charge is -2.28. The number of nitrogens with two attached hydrogens (primary N) is 1. The van der Waals surface area contributed by atoms with Crippen LogP contribution in [0.4, 0.5) is 13.2 Å². The molecule has 21 heavy (non-hydrogen) atoms. The first kappa shape index (κ1) is 15.8. The van der Waals surface area contributed by atoms with Gasteiger partial charge in [0.15, 0.2) is 17.5 Å². The summed E-state index contributed by atoms with van der Waals surface area (Å²) in [6.07, 6.45) is 3.43. The molecule has 1 amide bonds. The third kappa shape index (κ3) is 3.34. The van der Waals surface area contributed by atoms with E-state index in [2.05, 4.69) is 0 Å². The summed E-state index contributed by atoms with van der Waals surface area (Å²) in [5.41, 5.74) is 4.98. The summed E-state index contributed by atoms with van der Waals surface area (Å²) >= 11 is 4.81. The second-order valence-electron chi connectivity index (χ2n) is 5.06. The molecule has 1 saturated carbocycles. The van der Waals surface area contributed by atoms with Gasteiger partial charge in [0.1, 0.15) is 0 Å². The molecule has 2 N–H and O–H groups in total. The largest absolute Gasteiger partial charge is 0.392 e.